The summed E-state index contributed by atoms with van der Waals surface area (Å²) in [7, 11) is -1.63. The third-order valence-corrected chi connectivity index (χ3v) is 5.41. The van der Waals surface area contributed by atoms with Crippen LogP contribution in [0.4, 0.5) is 0 Å². The highest BCUT2D eigenvalue weighted by atomic mass is 28.3. The maximum absolute atomic E-state index is 12.1. The molecule has 3 heteroatoms. The van der Waals surface area contributed by atoms with Gasteiger partial charge in [-0.2, -0.15) is 0 Å². The van der Waals surface area contributed by atoms with E-state index in [-0.39, 0.29) is 23.4 Å². The zero-order valence-corrected chi connectivity index (χ0v) is 12.2. The van der Waals surface area contributed by atoms with Gasteiger partial charge in [0.15, 0.2) is 5.78 Å². The SMILES string of the molecule is C=CC[C@@H]1CC(=O)C([Si](C)(C)C)=C[C@H]1C(C)=O. The van der Waals surface area contributed by atoms with Gasteiger partial charge in [0.05, 0.1) is 8.07 Å². The number of Topliss-reactive ketones (excluding diaryl/α,β-unsaturated/α-hetero) is 2. The van der Waals surface area contributed by atoms with Gasteiger partial charge in [-0.15, -0.1) is 6.58 Å². The smallest absolute Gasteiger partial charge is 0.154 e. The summed E-state index contributed by atoms with van der Waals surface area (Å²) in [6, 6.07) is 0. The molecule has 94 valence electrons. The van der Waals surface area contributed by atoms with Crippen LogP contribution in [0, 0.1) is 11.8 Å². The van der Waals surface area contributed by atoms with Gasteiger partial charge < -0.3 is 0 Å². The van der Waals surface area contributed by atoms with E-state index in [0.717, 1.165) is 11.6 Å². The predicted molar refractivity (Wildman–Crippen MR) is 73.5 cm³/mol. The number of allylic oxidation sites excluding steroid dienone is 3. The molecule has 0 amide bonds. The average molecular weight is 250 g/mol. The molecule has 0 saturated heterocycles. The number of hydrogen-bond acceptors (Lipinski definition) is 2. The van der Waals surface area contributed by atoms with Crippen molar-refractivity contribution < 1.29 is 9.59 Å². The topological polar surface area (TPSA) is 34.1 Å². The van der Waals surface area contributed by atoms with E-state index in [4.69, 9.17) is 0 Å². The van der Waals surface area contributed by atoms with Crippen LogP contribution >= 0.6 is 0 Å². The van der Waals surface area contributed by atoms with Gasteiger partial charge in [-0.05, 0) is 24.5 Å². The Balaban J connectivity index is 3.11. The summed E-state index contributed by atoms with van der Waals surface area (Å²) in [5.41, 5.74) is 0. The van der Waals surface area contributed by atoms with Crippen molar-refractivity contribution in [1.29, 1.82) is 0 Å². The molecule has 0 aromatic carbocycles. The van der Waals surface area contributed by atoms with Crippen LogP contribution < -0.4 is 0 Å². The first-order valence-electron chi connectivity index (χ1n) is 6.14. The highest BCUT2D eigenvalue weighted by Gasteiger charge is 2.36. The monoisotopic (exact) mass is 250 g/mol. The van der Waals surface area contributed by atoms with Crippen LogP contribution in [0.3, 0.4) is 0 Å². The fourth-order valence-corrected chi connectivity index (χ4v) is 4.06. The zero-order chi connectivity index (χ0) is 13.2. The minimum atomic E-state index is -1.63. The van der Waals surface area contributed by atoms with Crippen molar-refractivity contribution in [3.8, 4) is 0 Å². The average Bonchev–Trinajstić information content (AvgIpc) is 2.15. The molecule has 2 atom stereocenters. The molecule has 0 spiro atoms. The van der Waals surface area contributed by atoms with E-state index in [0.29, 0.717) is 6.42 Å². The molecule has 1 rings (SSSR count). The van der Waals surface area contributed by atoms with Gasteiger partial charge in [0.25, 0.3) is 0 Å². The van der Waals surface area contributed by atoms with Crippen LogP contribution in [0.15, 0.2) is 23.9 Å². The summed E-state index contributed by atoms with van der Waals surface area (Å²) in [4.78, 5) is 23.8. The van der Waals surface area contributed by atoms with Crippen LogP contribution in [0.5, 0.6) is 0 Å². The van der Waals surface area contributed by atoms with Crippen molar-refractivity contribution in [2.45, 2.75) is 39.4 Å². The minimum Gasteiger partial charge on any atom is -0.299 e. The molecule has 0 aromatic rings. The van der Waals surface area contributed by atoms with Crippen LogP contribution in [0.1, 0.15) is 19.8 Å². The van der Waals surface area contributed by atoms with Crippen molar-refractivity contribution in [2.24, 2.45) is 11.8 Å². The molecule has 0 heterocycles. The molecular formula is C14H22O2Si. The van der Waals surface area contributed by atoms with Gasteiger partial charge in [0.2, 0.25) is 0 Å². The Morgan fingerprint density at radius 1 is 1.53 bits per heavy atom. The van der Waals surface area contributed by atoms with E-state index in [1.165, 1.54) is 0 Å². The van der Waals surface area contributed by atoms with Gasteiger partial charge in [0.1, 0.15) is 5.78 Å². The normalized spacial score (nSPS) is 25.4. The second-order valence-electron chi connectivity index (χ2n) is 5.88. The number of rotatable bonds is 4. The lowest BCUT2D eigenvalue weighted by molar-refractivity contribution is -0.122. The van der Waals surface area contributed by atoms with Gasteiger partial charge in [0, 0.05) is 12.3 Å². The lowest BCUT2D eigenvalue weighted by atomic mass is 9.79. The predicted octanol–water partition coefficient (Wildman–Crippen LogP) is 3.16. The summed E-state index contributed by atoms with van der Waals surface area (Å²) in [5.74, 6) is 0.443. The standard InChI is InChI=1S/C14H22O2Si/c1-6-7-11-8-13(16)14(17(3,4)5)9-12(11)10(2)15/h6,9,11-12H,1,7-8H2,2-5H3/t11-,12+/m1/s1. The lowest BCUT2D eigenvalue weighted by Gasteiger charge is -2.31. The summed E-state index contributed by atoms with van der Waals surface area (Å²) >= 11 is 0. The van der Waals surface area contributed by atoms with Gasteiger partial charge >= 0.3 is 0 Å². The van der Waals surface area contributed by atoms with Crippen molar-refractivity contribution in [3.63, 3.8) is 0 Å². The molecule has 2 nitrogen and oxygen atoms in total. The minimum absolute atomic E-state index is 0.0903. The largest absolute Gasteiger partial charge is 0.299 e. The molecule has 1 aliphatic carbocycles. The van der Waals surface area contributed by atoms with Crippen molar-refractivity contribution in [3.05, 3.63) is 23.9 Å². The molecule has 0 saturated carbocycles. The van der Waals surface area contributed by atoms with E-state index >= 15 is 0 Å². The molecular weight excluding hydrogens is 228 g/mol. The van der Waals surface area contributed by atoms with Gasteiger partial charge in [-0.3, -0.25) is 9.59 Å². The first kappa shape index (κ1) is 14.1. The molecule has 0 unspecified atom stereocenters. The Hall–Kier alpha value is -0.963. The van der Waals surface area contributed by atoms with Crippen LogP contribution in [-0.2, 0) is 9.59 Å². The highest BCUT2D eigenvalue weighted by Crippen LogP contribution is 2.33. The second-order valence-corrected chi connectivity index (χ2v) is 10.9. The van der Waals surface area contributed by atoms with E-state index in [1.807, 2.05) is 6.08 Å². The first-order chi connectivity index (χ1) is 7.77. The molecule has 17 heavy (non-hydrogen) atoms. The third-order valence-electron chi connectivity index (χ3n) is 3.35. The summed E-state index contributed by atoms with van der Waals surface area (Å²) < 4.78 is 0. The van der Waals surface area contributed by atoms with Crippen LogP contribution in [0.2, 0.25) is 19.6 Å². The molecule has 0 bridgehead atoms. The Bertz CT molecular complexity index is 374. The van der Waals surface area contributed by atoms with Gasteiger partial charge in [-0.25, -0.2) is 0 Å². The molecule has 0 N–H and O–H groups in total. The number of ketones is 2. The Labute approximate surface area is 105 Å². The third kappa shape index (κ3) is 3.25. The van der Waals surface area contributed by atoms with E-state index < -0.39 is 8.07 Å². The van der Waals surface area contributed by atoms with Crippen LogP contribution in [0.25, 0.3) is 0 Å². The Kier molecular flexibility index (Phi) is 4.25. The van der Waals surface area contributed by atoms with Crippen molar-refractivity contribution in [1.82, 2.24) is 0 Å². The van der Waals surface area contributed by atoms with E-state index in [1.54, 1.807) is 13.0 Å². The fourth-order valence-electron chi connectivity index (χ4n) is 2.45. The maximum atomic E-state index is 12.1. The first-order valence-corrected chi connectivity index (χ1v) is 9.64. The maximum Gasteiger partial charge on any atom is 0.154 e. The molecule has 1 aliphatic rings. The summed E-state index contributed by atoms with van der Waals surface area (Å²) in [5, 5.41) is 0.943. The Morgan fingerprint density at radius 3 is 2.53 bits per heavy atom. The summed E-state index contributed by atoms with van der Waals surface area (Å²) in [6.45, 7) is 11.8. The van der Waals surface area contributed by atoms with Crippen LogP contribution in [-0.4, -0.2) is 19.6 Å². The molecule has 0 radical (unpaired) electrons. The molecule has 0 aliphatic heterocycles. The summed E-state index contributed by atoms with van der Waals surface area (Å²) in [6.07, 6.45) is 5.01. The van der Waals surface area contributed by atoms with Gasteiger partial charge in [-0.1, -0.05) is 31.8 Å². The number of hydrogen-bond donors (Lipinski definition) is 0. The number of carbonyl (C=O) groups excluding carboxylic acids is 2. The second kappa shape index (κ2) is 5.13. The Morgan fingerprint density at radius 2 is 2.12 bits per heavy atom. The zero-order valence-electron chi connectivity index (χ0n) is 11.2. The fraction of sp³-hybridized carbons (Fsp3) is 0.571. The molecule has 0 fully saturated rings. The quantitative estimate of drug-likeness (QED) is 0.567. The highest BCUT2D eigenvalue weighted by molar-refractivity contribution is 6.87. The van der Waals surface area contributed by atoms with Crippen molar-refractivity contribution >= 4 is 19.6 Å². The van der Waals surface area contributed by atoms with E-state index in [9.17, 15) is 9.59 Å². The lowest BCUT2D eigenvalue weighted by Crippen LogP contribution is -2.37. The number of carbonyl (C=O) groups is 2. The molecule has 0 aromatic heterocycles. The van der Waals surface area contributed by atoms with E-state index in [2.05, 4.69) is 26.2 Å². The van der Waals surface area contributed by atoms with Crippen molar-refractivity contribution in [2.75, 3.05) is 0 Å².